The molecule has 9 heteroatoms. The molecular formula is C22H28N6O3. The Balaban J connectivity index is 1.93. The number of methoxy groups -OCH3 is 1. The van der Waals surface area contributed by atoms with Gasteiger partial charge in [0.25, 0.3) is 11.8 Å². The highest BCUT2D eigenvalue weighted by Gasteiger charge is 2.18. The number of nitrogens with one attached hydrogen (secondary N) is 2. The van der Waals surface area contributed by atoms with Crippen molar-refractivity contribution in [3.63, 3.8) is 0 Å². The Morgan fingerprint density at radius 3 is 2.74 bits per heavy atom. The molecule has 0 saturated carbocycles. The van der Waals surface area contributed by atoms with Crippen LogP contribution in [0.1, 0.15) is 47.4 Å². The predicted molar refractivity (Wildman–Crippen MR) is 120 cm³/mol. The summed E-state index contributed by atoms with van der Waals surface area (Å²) < 4.78 is 6.96. The Morgan fingerprint density at radius 1 is 1.23 bits per heavy atom. The van der Waals surface area contributed by atoms with Crippen molar-refractivity contribution in [1.29, 1.82) is 0 Å². The van der Waals surface area contributed by atoms with E-state index in [9.17, 15) is 9.59 Å². The Morgan fingerprint density at radius 2 is 2.03 bits per heavy atom. The van der Waals surface area contributed by atoms with Gasteiger partial charge in [0.1, 0.15) is 5.52 Å². The van der Waals surface area contributed by atoms with Crippen molar-refractivity contribution >= 4 is 34.6 Å². The number of carbonyl (C=O) groups is 2. The SMILES string of the molecule is CCC(C)NC(=O)c1cnc2c(c1)nc(NC(=O)c1cccc(N)c1)n2CCCOC. The Bertz CT molecular complexity index is 1080. The van der Waals surface area contributed by atoms with Gasteiger partial charge in [-0.15, -0.1) is 0 Å². The molecule has 1 atom stereocenters. The van der Waals surface area contributed by atoms with E-state index in [4.69, 9.17) is 10.5 Å². The molecule has 3 aromatic rings. The number of amides is 2. The summed E-state index contributed by atoms with van der Waals surface area (Å²) in [5.74, 6) is -0.182. The quantitative estimate of drug-likeness (QED) is 0.358. The monoisotopic (exact) mass is 424 g/mol. The molecule has 9 nitrogen and oxygen atoms in total. The van der Waals surface area contributed by atoms with Crippen molar-refractivity contribution in [2.24, 2.45) is 0 Å². The van der Waals surface area contributed by atoms with Crippen molar-refractivity contribution in [2.75, 3.05) is 24.8 Å². The molecule has 2 heterocycles. The maximum absolute atomic E-state index is 12.7. The largest absolute Gasteiger partial charge is 0.399 e. The number of pyridine rings is 1. The van der Waals surface area contributed by atoms with Gasteiger partial charge in [-0.2, -0.15) is 0 Å². The minimum atomic E-state index is -0.328. The number of carbonyl (C=O) groups excluding carboxylic acids is 2. The van der Waals surface area contributed by atoms with Crippen molar-refractivity contribution < 1.29 is 14.3 Å². The first kappa shape index (κ1) is 22.2. The number of rotatable bonds is 9. The van der Waals surface area contributed by atoms with Crippen molar-refractivity contribution in [2.45, 2.75) is 39.3 Å². The van der Waals surface area contributed by atoms with Crippen LogP contribution in [0, 0.1) is 0 Å². The average molecular weight is 425 g/mol. The van der Waals surface area contributed by atoms with Crippen molar-refractivity contribution in [3.05, 3.63) is 47.7 Å². The minimum absolute atomic E-state index is 0.0583. The highest BCUT2D eigenvalue weighted by atomic mass is 16.5. The number of hydrogen-bond acceptors (Lipinski definition) is 6. The summed E-state index contributed by atoms with van der Waals surface area (Å²) in [4.78, 5) is 34.2. The standard InChI is InChI=1S/C22H28N6O3/c1-4-14(2)25-21(30)16-12-18-19(24-13-16)28(9-6-10-31-3)22(26-18)27-20(29)15-7-5-8-17(23)11-15/h5,7-8,11-14H,4,6,9-10,23H2,1-3H3,(H,25,30)(H,26,27,29). The molecule has 0 fully saturated rings. The number of imidazole rings is 1. The zero-order valence-corrected chi connectivity index (χ0v) is 18.0. The van der Waals surface area contributed by atoms with Crippen LogP contribution < -0.4 is 16.4 Å². The fourth-order valence-electron chi connectivity index (χ4n) is 3.07. The second kappa shape index (κ2) is 10.0. The van der Waals surface area contributed by atoms with E-state index in [-0.39, 0.29) is 17.9 Å². The fourth-order valence-corrected chi connectivity index (χ4v) is 3.07. The van der Waals surface area contributed by atoms with Crippen LogP contribution in [0.2, 0.25) is 0 Å². The molecule has 0 bridgehead atoms. The van der Waals surface area contributed by atoms with Gasteiger partial charge in [0.05, 0.1) is 5.56 Å². The van der Waals surface area contributed by atoms with E-state index in [0.717, 1.165) is 6.42 Å². The van der Waals surface area contributed by atoms with Gasteiger partial charge >= 0.3 is 0 Å². The number of anilines is 2. The van der Waals surface area contributed by atoms with Gasteiger partial charge in [-0.25, -0.2) is 9.97 Å². The molecule has 0 aliphatic carbocycles. The van der Waals surface area contributed by atoms with Gasteiger partial charge < -0.3 is 15.8 Å². The molecule has 0 spiro atoms. The number of benzene rings is 1. The van der Waals surface area contributed by atoms with E-state index < -0.39 is 0 Å². The van der Waals surface area contributed by atoms with Gasteiger partial charge in [0.15, 0.2) is 5.65 Å². The van der Waals surface area contributed by atoms with Crippen LogP contribution in [0.15, 0.2) is 36.5 Å². The number of aromatic nitrogens is 3. The number of ether oxygens (including phenoxy) is 1. The van der Waals surface area contributed by atoms with Crippen LogP contribution in [0.5, 0.6) is 0 Å². The van der Waals surface area contributed by atoms with E-state index >= 15 is 0 Å². The van der Waals surface area contributed by atoms with Crippen LogP contribution in [0.3, 0.4) is 0 Å². The Kier molecular flexibility index (Phi) is 7.19. The number of nitrogens with two attached hydrogens (primary N) is 1. The molecule has 3 rings (SSSR count). The number of hydrogen-bond donors (Lipinski definition) is 3. The molecule has 1 aromatic carbocycles. The van der Waals surface area contributed by atoms with Gasteiger partial charge in [-0.3, -0.25) is 19.5 Å². The predicted octanol–water partition coefficient (Wildman–Crippen LogP) is 2.83. The zero-order chi connectivity index (χ0) is 22.4. The topological polar surface area (TPSA) is 124 Å². The van der Waals surface area contributed by atoms with Crippen LogP contribution >= 0.6 is 0 Å². The van der Waals surface area contributed by atoms with Gasteiger partial charge in [0, 0.05) is 43.8 Å². The molecule has 0 aliphatic rings. The lowest BCUT2D eigenvalue weighted by molar-refractivity contribution is 0.0938. The van der Waals surface area contributed by atoms with Crippen molar-refractivity contribution in [3.8, 4) is 0 Å². The molecule has 164 valence electrons. The average Bonchev–Trinajstić information content (AvgIpc) is 3.10. The summed E-state index contributed by atoms with van der Waals surface area (Å²) >= 11 is 0. The van der Waals surface area contributed by atoms with E-state index in [1.807, 2.05) is 18.4 Å². The summed E-state index contributed by atoms with van der Waals surface area (Å²) in [5.41, 5.74) is 8.24. The highest BCUT2D eigenvalue weighted by molar-refractivity contribution is 6.04. The molecule has 4 N–H and O–H groups in total. The number of nitrogens with zero attached hydrogens (tertiary/aromatic N) is 3. The van der Waals surface area contributed by atoms with Gasteiger partial charge in [0.2, 0.25) is 5.95 Å². The summed E-state index contributed by atoms with van der Waals surface area (Å²) in [7, 11) is 1.63. The lowest BCUT2D eigenvalue weighted by atomic mass is 10.2. The van der Waals surface area contributed by atoms with Crippen LogP contribution in [-0.4, -0.2) is 46.1 Å². The molecular weight excluding hydrogens is 396 g/mol. The second-order valence-corrected chi connectivity index (χ2v) is 7.36. The van der Waals surface area contributed by atoms with Crippen LogP contribution in [0.25, 0.3) is 11.2 Å². The first-order chi connectivity index (χ1) is 14.9. The highest BCUT2D eigenvalue weighted by Crippen LogP contribution is 2.21. The summed E-state index contributed by atoms with van der Waals surface area (Å²) in [6.45, 7) is 5.04. The summed E-state index contributed by atoms with van der Waals surface area (Å²) in [6.07, 6.45) is 3.06. The Hall–Kier alpha value is -3.46. The number of fused-ring (bicyclic) bond motifs is 1. The molecule has 0 saturated heterocycles. The maximum atomic E-state index is 12.7. The molecule has 2 aromatic heterocycles. The molecule has 2 amide bonds. The summed E-state index contributed by atoms with van der Waals surface area (Å²) in [6, 6.07) is 8.45. The second-order valence-electron chi connectivity index (χ2n) is 7.36. The lowest BCUT2D eigenvalue weighted by Crippen LogP contribution is -2.31. The maximum Gasteiger partial charge on any atom is 0.258 e. The fraction of sp³-hybridized carbons (Fsp3) is 0.364. The number of aryl methyl sites for hydroxylation is 1. The first-order valence-electron chi connectivity index (χ1n) is 10.3. The van der Waals surface area contributed by atoms with E-state index in [1.165, 1.54) is 6.20 Å². The molecule has 31 heavy (non-hydrogen) atoms. The van der Waals surface area contributed by atoms with E-state index in [0.29, 0.717) is 53.5 Å². The van der Waals surface area contributed by atoms with E-state index in [1.54, 1.807) is 37.4 Å². The normalized spacial score (nSPS) is 12.0. The van der Waals surface area contributed by atoms with Crippen molar-refractivity contribution in [1.82, 2.24) is 19.9 Å². The molecule has 0 aliphatic heterocycles. The van der Waals surface area contributed by atoms with Crippen LogP contribution in [-0.2, 0) is 11.3 Å². The molecule has 1 unspecified atom stereocenters. The molecule has 0 radical (unpaired) electrons. The smallest absolute Gasteiger partial charge is 0.258 e. The third-order valence-electron chi connectivity index (χ3n) is 4.94. The zero-order valence-electron chi connectivity index (χ0n) is 18.0. The third kappa shape index (κ3) is 5.37. The van der Waals surface area contributed by atoms with Crippen LogP contribution in [0.4, 0.5) is 11.6 Å². The minimum Gasteiger partial charge on any atom is -0.399 e. The van der Waals surface area contributed by atoms with E-state index in [2.05, 4.69) is 20.6 Å². The third-order valence-corrected chi connectivity index (χ3v) is 4.94. The summed E-state index contributed by atoms with van der Waals surface area (Å²) in [5, 5.41) is 5.76. The Labute approximate surface area is 181 Å². The van der Waals surface area contributed by atoms with Gasteiger partial charge in [-0.05, 0) is 44.0 Å². The lowest BCUT2D eigenvalue weighted by Gasteiger charge is -2.11. The number of nitrogen functional groups attached to an aromatic ring is 1. The first-order valence-corrected chi connectivity index (χ1v) is 10.3. The van der Waals surface area contributed by atoms with Gasteiger partial charge in [-0.1, -0.05) is 13.0 Å².